The molecule has 0 saturated carbocycles. The molecule has 1 amide bonds. The van der Waals surface area contributed by atoms with E-state index in [0.717, 1.165) is 0 Å². The number of H-pyrrole nitrogens is 1. The van der Waals surface area contributed by atoms with Crippen molar-refractivity contribution in [2.24, 2.45) is 0 Å². The van der Waals surface area contributed by atoms with Gasteiger partial charge in [-0.3, -0.25) is 15.4 Å². The quantitative estimate of drug-likeness (QED) is 0.472. The first-order valence-electron chi connectivity index (χ1n) is 7.41. The van der Waals surface area contributed by atoms with Crippen LogP contribution >= 0.6 is 23.2 Å². The van der Waals surface area contributed by atoms with Gasteiger partial charge in [-0.05, 0) is 31.2 Å². The molecule has 2 aromatic carbocycles. The number of nitrogens with one attached hydrogen (secondary N) is 2. The highest BCUT2D eigenvalue weighted by Crippen LogP contribution is 2.27. The topological polar surface area (TPSA) is 110 Å². The highest BCUT2D eigenvalue weighted by molar-refractivity contribution is 6.42. The highest BCUT2D eigenvalue weighted by Gasteiger charge is 2.20. The Balaban J connectivity index is 1.75. The van der Waals surface area contributed by atoms with E-state index in [1.807, 2.05) is 0 Å². The largest absolute Gasteiger partial charge is 0.438 e. The fourth-order valence-electron chi connectivity index (χ4n) is 2.31. The minimum absolute atomic E-state index is 0.127. The van der Waals surface area contributed by atoms with Crippen LogP contribution in [-0.4, -0.2) is 21.0 Å². The zero-order valence-corrected chi connectivity index (χ0v) is 14.8. The molecule has 0 bridgehead atoms. The number of para-hydroxylation sites is 1. The number of benzene rings is 2. The molecular formula is C16H12Cl2N4O4. The maximum Gasteiger partial charge on any atom is 0.412 e. The average molecular weight is 395 g/mol. The number of nitro benzene ring substituents is 1. The number of anilines is 1. The number of carbonyl (C=O) groups is 1. The van der Waals surface area contributed by atoms with E-state index in [-0.39, 0.29) is 11.2 Å². The summed E-state index contributed by atoms with van der Waals surface area (Å²) in [5, 5.41) is 14.2. The summed E-state index contributed by atoms with van der Waals surface area (Å²) < 4.78 is 5.25. The minimum atomic E-state index is -0.759. The van der Waals surface area contributed by atoms with E-state index >= 15 is 0 Å². The number of ether oxygens (including phenoxy) is 1. The van der Waals surface area contributed by atoms with Gasteiger partial charge in [0.25, 0.3) is 5.69 Å². The number of non-ortho nitro benzene ring substituents is 1. The lowest BCUT2D eigenvalue weighted by Gasteiger charge is -2.12. The highest BCUT2D eigenvalue weighted by atomic mass is 35.5. The van der Waals surface area contributed by atoms with Crippen molar-refractivity contribution in [1.82, 2.24) is 9.97 Å². The second-order valence-electron chi connectivity index (χ2n) is 5.35. The van der Waals surface area contributed by atoms with Gasteiger partial charge in [-0.1, -0.05) is 29.3 Å². The number of carbonyl (C=O) groups excluding carboxylic acids is 1. The number of hydrogen-bond acceptors (Lipinski definition) is 5. The number of aromatic amines is 1. The lowest BCUT2D eigenvalue weighted by molar-refractivity contribution is -0.383. The SMILES string of the molecule is CC(OC(=O)Nc1ccc(Cl)c(Cl)c1)c1nc2c([N+](=O)[O-])cccc2[nH]1. The maximum absolute atomic E-state index is 12.0. The van der Waals surface area contributed by atoms with E-state index in [2.05, 4.69) is 15.3 Å². The van der Waals surface area contributed by atoms with Crippen LogP contribution in [0.25, 0.3) is 11.0 Å². The minimum Gasteiger partial charge on any atom is -0.438 e. The van der Waals surface area contributed by atoms with Gasteiger partial charge in [0.15, 0.2) is 11.6 Å². The van der Waals surface area contributed by atoms with Crippen LogP contribution in [0.15, 0.2) is 36.4 Å². The molecular weight excluding hydrogens is 383 g/mol. The van der Waals surface area contributed by atoms with E-state index < -0.39 is 17.1 Å². The molecule has 0 aliphatic carbocycles. The van der Waals surface area contributed by atoms with Gasteiger partial charge in [-0.15, -0.1) is 0 Å². The maximum atomic E-state index is 12.0. The normalized spacial score (nSPS) is 12.0. The standard InChI is InChI=1S/C16H12Cl2N4O4/c1-8(26-16(23)19-9-5-6-10(17)11(18)7-9)15-20-12-3-2-4-13(22(24)25)14(12)21-15/h2-8H,1H3,(H,19,23)(H,20,21). The predicted molar refractivity (Wildman–Crippen MR) is 97.7 cm³/mol. The number of amides is 1. The molecule has 1 aromatic heterocycles. The molecule has 0 fully saturated rings. The molecule has 3 aromatic rings. The molecule has 1 heterocycles. The zero-order chi connectivity index (χ0) is 18.8. The van der Waals surface area contributed by atoms with Crippen LogP contribution in [-0.2, 0) is 4.74 Å². The third-order valence-electron chi connectivity index (χ3n) is 3.54. The Morgan fingerprint density at radius 1 is 1.31 bits per heavy atom. The van der Waals surface area contributed by atoms with Crippen molar-refractivity contribution in [1.29, 1.82) is 0 Å². The lowest BCUT2D eigenvalue weighted by atomic mass is 10.3. The molecule has 3 rings (SSSR count). The van der Waals surface area contributed by atoms with E-state index in [4.69, 9.17) is 27.9 Å². The van der Waals surface area contributed by atoms with Crippen molar-refractivity contribution in [2.45, 2.75) is 13.0 Å². The predicted octanol–water partition coefficient (Wildman–Crippen LogP) is 5.09. The van der Waals surface area contributed by atoms with Crippen LogP contribution in [0, 0.1) is 10.1 Å². The fourth-order valence-corrected chi connectivity index (χ4v) is 2.61. The van der Waals surface area contributed by atoms with E-state index in [0.29, 0.717) is 27.1 Å². The Kier molecular flexibility index (Phi) is 4.97. The number of halogens is 2. The van der Waals surface area contributed by atoms with E-state index in [1.165, 1.54) is 12.1 Å². The first-order valence-corrected chi connectivity index (χ1v) is 8.16. The number of fused-ring (bicyclic) bond motifs is 1. The van der Waals surface area contributed by atoms with Crippen LogP contribution < -0.4 is 5.32 Å². The van der Waals surface area contributed by atoms with Crippen molar-refractivity contribution < 1.29 is 14.5 Å². The monoisotopic (exact) mass is 394 g/mol. The average Bonchev–Trinajstić information content (AvgIpc) is 3.02. The number of hydrogen-bond donors (Lipinski definition) is 2. The summed E-state index contributed by atoms with van der Waals surface area (Å²) in [5.74, 6) is 0.290. The molecule has 0 saturated heterocycles. The lowest BCUT2D eigenvalue weighted by Crippen LogP contribution is -2.16. The first-order chi connectivity index (χ1) is 12.3. The molecule has 1 atom stereocenters. The number of nitrogens with zero attached hydrogens (tertiary/aromatic N) is 2. The van der Waals surface area contributed by atoms with E-state index in [1.54, 1.807) is 31.2 Å². The molecule has 0 spiro atoms. The first kappa shape index (κ1) is 18.0. The molecule has 2 N–H and O–H groups in total. The summed E-state index contributed by atoms with van der Waals surface area (Å²) >= 11 is 11.7. The summed E-state index contributed by atoms with van der Waals surface area (Å²) in [6.07, 6.45) is -1.49. The Labute approximate surface area is 157 Å². The number of aromatic nitrogens is 2. The summed E-state index contributed by atoms with van der Waals surface area (Å²) in [5.41, 5.74) is 0.969. The Morgan fingerprint density at radius 2 is 2.08 bits per heavy atom. The van der Waals surface area contributed by atoms with Crippen molar-refractivity contribution in [3.63, 3.8) is 0 Å². The molecule has 0 radical (unpaired) electrons. The molecule has 10 heteroatoms. The number of imidazole rings is 1. The number of nitro groups is 1. The third kappa shape index (κ3) is 3.71. The Bertz CT molecular complexity index is 1010. The van der Waals surface area contributed by atoms with Crippen LogP contribution in [0.2, 0.25) is 10.0 Å². The van der Waals surface area contributed by atoms with Crippen LogP contribution in [0.3, 0.4) is 0 Å². The summed E-state index contributed by atoms with van der Waals surface area (Å²) in [6.45, 7) is 1.60. The van der Waals surface area contributed by atoms with Crippen LogP contribution in [0.1, 0.15) is 18.9 Å². The third-order valence-corrected chi connectivity index (χ3v) is 4.28. The fraction of sp³-hybridized carbons (Fsp3) is 0.125. The summed E-state index contributed by atoms with van der Waals surface area (Å²) in [4.78, 5) is 29.7. The molecule has 8 nitrogen and oxygen atoms in total. The Hall–Kier alpha value is -2.84. The van der Waals surface area contributed by atoms with E-state index in [9.17, 15) is 14.9 Å². The van der Waals surface area contributed by atoms with Gasteiger partial charge in [0.1, 0.15) is 5.82 Å². The summed E-state index contributed by atoms with van der Waals surface area (Å²) in [6, 6.07) is 9.16. The smallest absolute Gasteiger partial charge is 0.412 e. The van der Waals surface area contributed by atoms with Crippen molar-refractivity contribution in [3.05, 3.63) is 62.4 Å². The molecule has 0 aliphatic rings. The second-order valence-corrected chi connectivity index (χ2v) is 6.17. The van der Waals surface area contributed by atoms with Gasteiger partial charge < -0.3 is 9.72 Å². The molecule has 26 heavy (non-hydrogen) atoms. The van der Waals surface area contributed by atoms with Gasteiger partial charge in [0.2, 0.25) is 0 Å². The van der Waals surface area contributed by atoms with Crippen LogP contribution in [0.5, 0.6) is 0 Å². The van der Waals surface area contributed by atoms with Crippen molar-refractivity contribution >= 4 is 51.7 Å². The second kappa shape index (κ2) is 7.19. The molecule has 134 valence electrons. The van der Waals surface area contributed by atoms with Crippen molar-refractivity contribution in [2.75, 3.05) is 5.32 Å². The Morgan fingerprint density at radius 3 is 2.77 bits per heavy atom. The van der Waals surface area contributed by atoms with Gasteiger partial charge in [0.05, 0.1) is 20.5 Å². The van der Waals surface area contributed by atoms with Gasteiger partial charge in [-0.25, -0.2) is 9.78 Å². The van der Waals surface area contributed by atoms with Gasteiger partial charge >= 0.3 is 6.09 Å². The van der Waals surface area contributed by atoms with Crippen LogP contribution in [0.4, 0.5) is 16.2 Å². The molecule has 1 unspecified atom stereocenters. The summed E-state index contributed by atoms with van der Waals surface area (Å²) in [7, 11) is 0. The number of rotatable bonds is 4. The van der Waals surface area contributed by atoms with Crippen molar-refractivity contribution in [3.8, 4) is 0 Å². The van der Waals surface area contributed by atoms with Gasteiger partial charge in [0, 0.05) is 11.8 Å². The zero-order valence-electron chi connectivity index (χ0n) is 13.3. The molecule has 0 aliphatic heterocycles. The van der Waals surface area contributed by atoms with Gasteiger partial charge in [-0.2, -0.15) is 0 Å².